The number of hydrogen-bond acceptors (Lipinski definition) is 2. The van der Waals surface area contributed by atoms with E-state index in [1.54, 1.807) is 0 Å². The smallest absolute Gasteiger partial charge is 0.320 e. The van der Waals surface area contributed by atoms with Crippen molar-refractivity contribution in [3.8, 4) is 0 Å². The van der Waals surface area contributed by atoms with Crippen LogP contribution in [0.2, 0.25) is 0 Å². The van der Waals surface area contributed by atoms with E-state index in [0.29, 0.717) is 6.42 Å². The van der Waals surface area contributed by atoms with Crippen molar-refractivity contribution in [3.63, 3.8) is 0 Å². The van der Waals surface area contributed by atoms with Crippen LogP contribution in [-0.4, -0.2) is 23.2 Å². The first-order chi connectivity index (χ1) is 9.56. The van der Waals surface area contributed by atoms with Crippen LogP contribution in [0.25, 0.3) is 0 Å². The third-order valence-corrected chi connectivity index (χ3v) is 3.68. The standard InChI is InChI=1S/C17H27NO2/c1-4-6-7-16(17(19)20)18-15(5-2)12-14-10-8-13(3)9-11-14/h8-11,15-16,18H,4-7,12H2,1-3H3,(H,19,20)/t15?,16-/m0/s1. The van der Waals surface area contributed by atoms with Crippen LogP contribution in [0.15, 0.2) is 24.3 Å². The quantitative estimate of drug-likeness (QED) is 0.725. The van der Waals surface area contributed by atoms with Gasteiger partial charge in [-0.05, 0) is 31.7 Å². The summed E-state index contributed by atoms with van der Waals surface area (Å²) in [5.74, 6) is -0.735. The van der Waals surface area contributed by atoms with Crippen molar-refractivity contribution >= 4 is 5.97 Å². The van der Waals surface area contributed by atoms with E-state index in [-0.39, 0.29) is 6.04 Å². The van der Waals surface area contributed by atoms with Gasteiger partial charge in [-0.2, -0.15) is 0 Å². The molecule has 0 aliphatic heterocycles. The van der Waals surface area contributed by atoms with Gasteiger partial charge >= 0.3 is 5.97 Å². The topological polar surface area (TPSA) is 49.3 Å². The Balaban J connectivity index is 2.60. The van der Waals surface area contributed by atoms with Gasteiger partial charge in [-0.25, -0.2) is 0 Å². The van der Waals surface area contributed by atoms with E-state index in [9.17, 15) is 9.90 Å². The van der Waals surface area contributed by atoms with Crippen LogP contribution in [0.1, 0.15) is 50.7 Å². The maximum absolute atomic E-state index is 11.3. The Morgan fingerprint density at radius 3 is 2.40 bits per heavy atom. The third kappa shape index (κ3) is 5.74. The molecule has 0 saturated carbocycles. The molecule has 0 amide bonds. The molecular weight excluding hydrogens is 250 g/mol. The van der Waals surface area contributed by atoms with E-state index in [4.69, 9.17) is 0 Å². The highest BCUT2D eigenvalue weighted by Gasteiger charge is 2.20. The minimum absolute atomic E-state index is 0.218. The fraction of sp³-hybridized carbons (Fsp3) is 0.588. The Hall–Kier alpha value is -1.35. The Bertz CT molecular complexity index is 400. The molecule has 0 aromatic heterocycles. The second kappa shape index (κ2) is 8.75. The van der Waals surface area contributed by atoms with Crippen LogP contribution in [-0.2, 0) is 11.2 Å². The molecule has 1 aromatic rings. The van der Waals surface area contributed by atoms with E-state index < -0.39 is 12.0 Å². The molecule has 0 saturated heterocycles. The molecule has 3 nitrogen and oxygen atoms in total. The van der Waals surface area contributed by atoms with Gasteiger partial charge in [-0.3, -0.25) is 4.79 Å². The molecule has 0 heterocycles. The van der Waals surface area contributed by atoms with Crippen molar-refractivity contribution in [2.75, 3.05) is 0 Å². The van der Waals surface area contributed by atoms with Gasteiger partial charge in [0.25, 0.3) is 0 Å². The van der Waals surface area contributed by atoms with Gasteiger partial charge in [0.15, 0.2) is 0 Å². The highest BCUT2D eigenvalue weighted by molar-refractivity contribution is 5.73. The minimum atomic E-state index is -0.735. The molecule has 0 radical (unpaired) electrons. The van der Waals surface area contributed by atoms with Crippen molar-refractivity contribution in [3.05, 3.63) is 35.4 Å². The molecule has 0 fully saturated rings. The summed E-state index contributed by atoms with van der Waals surface area (Å²) in [6.45, 7) is 6.26. The van der Waals surface area contributed by atoms with Crippen LogP contribution in [0.5, 0.6) is 0 Å². The first kappa shape index (κ1) is 16.7. The molecular formula is C17H27NO2. The lowest BCUT2D eigenvalue weighted by molar-refractivity contribution is -0.139. The summed E-state index contributed by atoms with van der Waals surface area (Å²) in [5.41, 5.74) is 2.51. The van der Waals surface area contributed by atoms with E-state index >= 15 is 0 Å². The Labute approximate surface area is 122 Å². The monoisotopic (exact) mass is 277 g/mol. The molecule has 0 aliphatic carbocycles. The number of carboxylic acid groups (broad SMARTS) is 1. The highest BCUT2D eigenvalue weighted by atomic mass is 16.4. The summed E-state index contributed by atoms with van der Waals surface area (Å²) < 4.78 is 0. The van der Waals surface area contributed by atoms with Gasteiger partial charge in [0, 0.05) is 6.04 Å². The van der Waals surface area contributed by atoms with E-state index in [0.717, 1.165) is 25.7 Å². The fourth-order valence-corrected chi connectivity index (χ4v) is 2.30. The lowest BCUT2D eigenvalue weighted by Gasteiger charge is -2.22. The van der Waals surface area contributed by atoms with Crippen molar-refractivity contribution in [2.24, 2.45) is 0 Å². The zero-order valence-corrected chi connectivity index (χ0v) is 12.9. The van der Waals surface area contributed by atoms with Crippen LogP contribution in [0.4, 0.5) is 0 Å². The number of rotatable bonds is 9. The third-order valence-electron chi connectivity index (χ3n) is 3.68. The highest BCUT2D eigenvalue weighted by Crippen LogP contribution is 2.10. The molecule has 112 valence electrons. The second-order valence-corrected chi connectivity index (χ2v) is 5.49. The largest absolute Gasteiger partial charge is 0.480 e. The van der Waals surface area contributed by atoms with Crippen molar-refractivity contribution in [1.29, 1.82) is 0 Å². The molecule has 2 atom stereocenters. The van der Waals surface area contributed by atoms with Crippen LogP contribution < -0.4 is 5.32 Å². The molecule has 0 spiro atoms. The predicted molar refractivity (Wildman–Crippen MR) is 83.0 cm³/mol. The van der Waals surface area contributed by atoms with E-state index in [2.05, 4.69) is 50.4 Å². The normalized spacial score (nSPS) is 13.9. The average molecular weight is 277 g/mol. The summed E-state index contributed by atoms with van der Waals surface area (Å²) in [6.07, 6.45) is 4.50. The number of unbranched alkanes of at least 4 members (excludes halogenated alkanes) is 1. The number of nitrogens with one attached hydrogen (secondary N) is 1. The number of carbonyl (C=O) groups is 1. The van der Waals surface area contributed by atoms with Gasteiger partial charge in [0.1, 0.15) is 6.04 Å². The Morgan fingerprint density at radius 2 is 1.90 bits per heavy atom. The molecule has 1 aromatic carbocycles. The number of hydrogen-bond donors (Lipinski definition) is 2. The second-order valence-electron chi connectivity index (χ2n) is 5.49. The number of aliphatic carboxylic acids is 1. The van der Waals surface area contributed by atoms with Crippen molar-refractivity contribution < 1.29 is 9.90 Å². The zero-order valence-electron chi connectivity index (χ0n) is 12.9. The van der Waals surface area contributed by atoms with Gasteiger partial charge in [-0.15, -0.1) is 0 Å². The lowest BCUT2D eigenvalue weighted by Crippen LogP contribution is -2.44. The Kier molecular flexibility index (Phi) is 7.31. The van der Waals surface area contributed by atoms with Crippen LogP contribution in [0.3, 0.4) is 0 Å². The fourth-order valence-electron chi connectivity index (χ4n) is 2.30. The average Bonchev–Trinajstić information content (AvgIpc) is 2.44. The van der Waals surface area contributed by atoms with Crippen LogP contribution in [0, 0.1) is 6.92 Å². The van der Waals surface area contributed by atoms with Crippen LogP contribution >= 0.6 is 0 Å². The minimum Gasteiger partial charge on any atom is -0.480 e. The number of aryl methyl sites for hydroxylation is 1. The predicted octanol–water partition coefficient (Wildman–Crippen LogP) is 3.55. The molecule has 20 heavy (non-hydrogen) atoms. The molecule has 1 rings (SSSR count). The molecule has 2 N–H and O–H groups in total. The van der Waals surface area contributed by atoms with Gasteiger partial charge in [-0.1, -0.05) is 56.5 Å². The zero-order chi connectivity index (χ0) is 15.0. The van der Waals surface area contributed by atoms with Gasteiger partial charge < -0.3 is 10.4 Å². The number of benzene rings is 1. The summed E-state index contributed by atoms with van der Waals surface area (Å²) in [5, 5.41) is 12.6. The summed E-state index contributed by atoms with van der Waals surface area (Å²) >= 11 is 0. The number of carboxylic acids is 1. The first-order valence-electron chi connectivity index (χ1n) is 7.61. The van der Waals surface area contributed by atoms with Crippen molar-refractivity contribution in [2.45, 2.75) is 65.0 Å². The summed E-state index contributed by atoms with van der Waals surface area (Å²) in [4.78, 5) is 11.3. The molecule has 1 unspecified atom stereocenters. The van der Waals surface area contributed by atoms with E-state index in [1.165, 1.54) is 11.1 Å². The van der Waals surface area contributed by atoms with E-state index in [1.807, 2.05) is 0 Å². The van der Waals surface area contributed by atoms with Gasteiger partial charge in [0.2, 0.25) is 0 Å². The molecule has 0 aliphatic rings. The summed E-state index contributed by atoms with van der Waals surface area (Å²) in [6, 6.07) is 8.26. The maximum Gasteiger partial charge on any atom is 0.320 e. The SMILES string of the molecule is CCCC[C@H](NC(CC)Cc1ccc(C)cc1)C(=O)O. The summed E-state index contributed by atoms with van der Waals surface area (Å²) in [7, 11) is 0. The lowest BCUT2D eigenvalue weighted by atomic mass is 10.0. The Morgan fingerprint density at radius 1 is 1.25 bits per heavy atom. The molecule has 0 bridgehead atoms. The van der Waals surface area contributed by atoms with Gasteiger partial charge in [0.05, 0.1) is 0 Å². The first-order valence-corrected chi connectivity index (χ1v) is 7.61. The molecule has 3 heteroatoms. The maximum atomic E-state index is 11.3. The van der Waals surface area contributed by atoms with Crippen molar-refractivity contribution in [1.82, 2.24) is 5.32 Å².